The number of hydrogen-bond acceptors (Lipinski definition) is 4. The molecule has 0 saturated heterocycles. The molecule has 0 saturated carbocycles. The van der Waals surface area contributed by atoms with Crippen LogP contribution in [0.2, 0.25) is 0 Å². The lowest BCUT2D eigenvalue weighted by Gasteiger charge is -2.14. The lowest BCUT2D eigenvalue weighted by Crippen LogP contribution is -2.40. The molecule has 1 amide bonds. The summed E-state index contributed by atoms with van der Waals surface area (Å²) >= 11 is 1.71. The fourth-order valence-corrected chi connectivity index (χ4v) is 2.27. The Morgan fingerprint density at radius 3 is 3.06 bits per heavy atom. The van der Waals surface area contributed by atoms with Gasteiger partial charge in [0.05, 0.1) is 19.3 Å². The van der Waals surface area contributed by atoms with Crippen molar-refractivity contribution < 1.29 is 14.6 Å². The Morgan fingerprint density at radius 1 is 1.65 bits per heavy atom. The van der Waals surface area contributed by atoms with Crippen LogP contribution >= 0.6 is 11.3 Å². The second-order valence-corrected chi connectivity index (χ2v) is 4.87. The van der Waals surface area contributed by atoms with E-state index in [1.807, 2.05) is 11.4 Å². The number of ether oxygens (including phenoxy) is 1. The second kappa shape index (κ2) is 8.22. The van der Waals surface area contributed by atoms with Gasteiger partial charge in [0.15, 0.2) is 0 Å². The number of aliphatic hydroxyl groups excluding tert-OH is 1. The Balaban J connectivity index is 2.16. The zero-order valence-electron chi connectivity index (χ0n) is 10.0. The average Bonchev–Trinajstić information content (AvgIpc) is 2.81. The quantitative estimate of drug-likeness (QED) is 0.735. The van der Waals surface area contributed by atoms with E-state index in [9.17, 15) is 4.79 Å². The highest BCUT2D eigenvalue weighted by Gasteiger charge is 2.10. The summed E-state index contributed by atoms with van der Waals surface area (Å²) in [7, 11) is 1.55. The summed E-state index contributed by atoms with van der Waals surface area (Å²) in [4.78, 5) is 12.8. The number of aryl methyl sites for hydroxylation is 1. The van der Waals surface area contributed by atoms with Gasteiger partial charge >= 0.3 is 0 Å². The van der Waals surface area contributed by atoms with Crippen molar-refractivity contribution in [1.82, 2.24) is 5.32 Å². The molecular formula is C12H19NO3S. The topological polar surface area (TPSA) is 58.6 Å². The Labute approximate surface area is 106 Å². The molecule has 5 heteroatoms. The lowest BCUT2D eigenvalue weighted by atomic mass is 10.2. The molecule has 1 rings (SSSR count). The summed E-state index contributed by atoms with van der Waals surface area (Å²) in [5.74, 6) is -0.0299. The first kappa shape index (κ1) is 14.2. The molecule has 2 N–H and O–H groups in total. The Bertz CT molecular complexity index is 314. The van der Waals surface area contributed by atoms with Crippen LogP contribution in [0.5, 0.6) is 0 Å². The molecule has 0 aliphatic carbocycles. The monoisotopic (exact) mass is 257 g/mol. The van der Waals surface area contributed by atoms with Gasteiger partial charge in [0.25, 0.3) is 0 Å². The molecule has 17 heavy (non-hydrogen) atoms. The van der Waals surface area contributed by atoms with E-state index in [2.05, 4.69) is 11.4 Å². The highest BCUT2D eigenvalue weighted by molar-refractivity contribution is 7.09. The van der Waals surface area contributed by atoms with Crippen molar-refractivity contribution in [2.24, 2.45) is 0 Å². The molecule has 0 radical (unpaired) electrons. The van der Waals surface area contributed by atoms with E-state index in [-0.39, 0.29) is 18.6 Å². The summed E-state index contributed by atoms with van der Waals surface area (Å²) in [6.07, 6.45) is 2.24. The van der Waals surface area contributed by atoms with Crippen molar-refractivity contribution in [1.29, 1.82) is 0 Å². The predicted molar refractivity (Wildman–Crippen MR) is 68.1 cm³/mol. The zero-order chi connectivity index (χ0) is 12.5. The Morgan fingerprint density at radius 2 is 2.47 bits per heavy atom. The average molecular weight is 257 g/mol. The number of carbonyl (C=O) groups excluding carboxylic acids is 1. The molecule has 1 aromatic rings. The van der Waals surface area contributed by atoms with E-state index in [0.29, 0.717) is 13.0 Å². The number of hydrogen-bond donors (Lipinski definition) is 2. The predicted octanol–water partition coefficient (Wildman–Crippen LogP) is 1.19. The number of carbonyl (C=O) groups is 1. The van der Waals surface area contributed by atoms with E-state index >= 15 is 0 Å². The normalized spacial score (nSPS) is 12.4. The largest absolute Gasteiger partial charge is 0.394 e. The van der Waals surface area contributed by atoms with Crippen molar-refractivity contribution in [3.05, 3.63) is 22.4 Å². The van der Waals surface area contributed by atoms with Gasteiger partial charge in [-0.2, -0.15) is 0 Å². The van der Waals surface area contributed by atoms with Gasteiger partial charge in [-0.05, 0) is 24.3 Å². The molecule has 0 aliphatic rings. The highest BCUT2D eigenvalue weighted by atomic mass is 32.1. The van der Waals surface area contributed by atoms with E-state index in [4.69, 9.17) is 9.84 Å². The number of aliphatic hydroxyl groups is 1. The first-order valence-electron chi connectivity index (χ1n) is 5.67. The van der Waals surface area contributed by atoms with Crippen molar-refractivity contribution >= 4 is 17.2 Å². The van der Waals surface area contributed by atoms with Gasteiger partial charge in [-0.25, -0.2) is 0 Å². The van der Waals surface area contributed by atoms with Crippen molar-refractivity contribution in [2.45, 2.75) is 25.3 Å². The first-order valence-corrected chi connectivity index (χ1v) is 6.55. The standard InChI is InChI=1S/C12H19NO3S/c1-16-9-10(8-14)13-12(15)6-2-4-11-5-3-7-17-11/h3,5,7,10,14H,2,4,6,8-9H2,1H3,(H,13,15). The molecular weight excluding hydrogens is 238 g/mol. The van der Waals surface area contributed by atoms with Gasteiger partial charge in [-0.1, -0.05) is 6.07 Å². The van der Waals surface area contributed by atoms with Gasteiger partial charge in [-0.15, -0.1) is 11.3 Å². The number of thiophene rings is 1. The number of amides is 1. The van der Waals surface area contributed by atoms with E-state index in [1.54, 1.807) is 18.4 Å². The number of nitrogens with one attached hydrogen (secondary N) is 1. The minimum atomic E-state index is -0.297. The van der Waals surface area contributed by atoms with Gasteiger partial charge < -0.3 is 15.2 Å². The van der Waals surface area contributed by atoms with Crippen molar-refractivity contribution in [2.75, 3.05) is 20.3 Å². The maximum Gasteiger partial charge on any atom is 0.220 e. The Hall–Kier alpha value is -0.910. The molecule has 4 nitrogen and oxygen atoms in total. The van der Waals surface area contributed by atoms with Gasteiger partial charge in [0, 0.05) is 18.4 Å². The molecule has 0 aliphatic heterocycles. The third-order valence-corrected chi connectivity index (χ3v) is 3.30. The molecule has 1 heterocycles. The zero-order valence-corrected chi connectivity index (χ0v) is 10.8. The van der Waals surface area contributed by atoms with Crippen LogP contribution in [0, 0.1) is 0 Å². The number of rotatable bonds is 8. The van der Waals surface area contributed by atoms with Crippen LogP contribution < -0.4 is 5.32 Å². The summed E-state index contributed by atoms with van der Waals surface area (Å²) in [5.41, 5.74) is 0. The highest BCUT2D eigenvalue weighted by Crippen LogP contribution is 2.11. The van der Waals surface area contributed by atoms with Crippen LogP contribution in [0.4, 0.5) is 0 Å². The van der Waals surface area contributed by atoms with Crippen LogP contribution in [0.1, 0.15) is 17.7 Å². The van der Waals surface area contributed by atoms with E-state index < -0.39 is 0 Å². The maximum atomic E-state index is 11.5. The van der Waals surface area contributed by atoms with Crippen LogP contribution in [0.15, 0.2) is 17.5 Å². The molecule has 0 bridgehead atoms. The van der Waals surface area contributed by atoms with E-state index in [0.717, 1.165) is 12.8 Å². The third kappa shape index (κ3) is 5.81. The molecule has 1 unspecified atom stereocenters. The minimum Gasteiger partial charge on any atom is -0.394 e. The van der Waals surface area contributed by atoms with Gasteiger partial charge in [-0.3, -0.25) is 4.79 Å². The van der Waals surface area contributed by atoms with Crippen LogP contribution in [0.3, 0.4) is 0 Å². The van der Waals surface area contributed by atoms with Crippen LogP contribution in [-0.2, 0) is 16.0 Å². The number of methoxy groups -OCH3 is 1. The SMILES string of the molecule is COCC(CO)NC(=O)CCCc1cccs1. The lowest BCUT2D eigenvalue weighted by molar-refractivity contribution is -0.122. The van der Waals surface area contributed by atoms with Gasteiger partial charge in [0.2, 0.25) is 5.91 Å². The molecule has 0 aromatic carbocycles. The Kier molecular flexibility index (Phi) is 6.84. The minimum absolute atomic E-state index is 0.0299. The first-order chi connectivity index (χ1) is 8.26. The fraction of sp³-hybridized carbons (Fsp3) is 0.583. The summed E-state index contributed by atoms with van der Waals surface area (Å²) in [6.45, 7) is 0.248. The molecule has 1 atom stereocenters. The molecule has 96 valence electrons. The summed E-state index contributed by atoms with van der Waals surface area (Å²) < 4.78 is 4.89. The fourth-order valence-electron chi connectivity index (χ4n) is 1.52. The molecule has 0 spiro atoms. The summed E-state index contributed by atoms with van der Waals surface area (Å²) in [6, 6.07) is 3.79. The molecule has 0 fully saturated rings. The smallest absolute Gasteiger partial charge is 0.220 e. The third-order valence-electron chi connectivity index (χ3n) is 2.36. The van der Waals surface area contributed by atoms with E-state index in [1.165, 1.54) is 4.88 Å². The van der Waals surface area contributed by atoms with Crippen molar-refractivity contribution in [3.63, 3.8) is 0 Å². The maximum absolute atomic E-state index is 11.5. The van der Waals surface area contributed by atoms with Gasteiger partial charge in [0.1, 0.15) is 0 Å². The summed E-state index contributed by atoms with van der Waals surface area (Å²) in [5, 5.41) is 13.8. The van der Waals surface area contributed by atoms with Crippen LogP contribution in [-0.4, -0.2) is 37.4 Å². The van der Waals surface area contributed by atoms with Crippen molar-refractivity contribution in [3.8, 4) is 0 Å². The second-order valence-electron chi connectivity index (χ2n) is 3.84. The van der Waals surface area contributed by atoms with Crippen LogP contribution in [0.25, 0.3) is 0 Å². The molecule has 1 aromatic heterocycles.